The number of alkyl halides is 2. The maximum Gasteiger partial charge on any atom is 0.272 e. The van der Waals surface area contributed by atoms with Crippen molar-refractivity contribution >= 4 is 34.8 Å². The number of rotatable bonds is 12. The molecule has 264 valence electrons. The van der Waals surface area contributed by atoms with Gasteiger partial charge in [0.2, 0.25) is 5.78 Å². The minimum absolute atomic E-state index is 0.0515. The van der Waals surface area contributed by atoms with Crippen LogP contribution in [0.5, 0.6) is 17.2 Å². The van der Waals surface area contributed by atoms with Crippen LogP contribution in [0.25, 0.3) is 10.9 Å². The molecule has 13 heteroatoms. The molecule has 0 bridgehead atoms. The fourth-order valence-corrected chi connectivity index (χ4v) is 6.50. The van der Waals surface area contributed by atoms with Crippen molar-refractivity contribution in [3.05, 3.63) is 89.1 Å². The number of benzene rings is 3. The molecule has 1 aromatic heterocycles. The predicted octanol–water partition coefficient (Wildman–Crippen LogP) is 6.85. The van der Waals surface area contributed by atoms with E-state index in [1.807, 2.05) is 6.07 Å². The molecule has 2 fully saturated rings. The molecule has 0 spiro atoms. The number of halogens is 3. The van der Waals surface area contributed by atoms with Crippen LogP contribution in [0, 0.1) is 12.7 Å². The summed E-state index contributed by atoms with van der Waals surface area (Å²) < 4.78 is 57.5. The molecule has 50 heavy (non-hydrogen) atoms. The van der Waals surface area contributed by atoms with Crippen LogP contribution in [0.2, 0.25) is 0 Å². The van der Waals surface area contributed by atoms with Crippen molar-refractivity contribution < 1.29 is 32.2 Å². The number of hydrogen-bond donors (Lipinski definition) is 2. The number of nitrogens with zero attached hydrogens (tertiary/aromatic N) is 4. The fraction of sp³-hybridized carbons (Fsp3) is 0.351. The highest BCUT2D eigenvalue weighted by Crippen LogP contribution is 2.37. The summed E-state index contributed by atoms with van der Waals surface area (Å²) in [6.07, 6.45) is -0.775. The van der Waals surface area contributed by atoms with Gasteiger partial charge < -0.3 is 29.8 Å². The van der Waals surface area contributed by atoms with E-state index in [9.17, 15) is 18.0 Å². The molecule has 0 radical (unpaired) electrons. The number of morpholine rings is 1. The van der Waals surface area contributed by atoms with Gasteiger partial charge in [0.25, 0.3) is 6.43 Å². The molecular formula is C37H41F3N6O4. The number of nitrogens with one attached hydrogen (secondary N) is 1. The molecule has 0 atom stereocenters. The van der Waals surface area contributed by atoms with Gasteiger partial charge in [0, 0.05) is 55.4 Å². The van der Waals surface area contributed by atoms with Crippen molar-refractivity contribution in [3.63, 3.8) is 0 Å². The number of hydrogen-bond acceptors (Lipinski definition) is 9. The van der Waals surface area contributed by atoms with Crippen molar-refractivity contribution in [2.24, 2.45) is 10.8 Å². The van der Waals surface area contributed by atoms with Crippen molar-refractivity contribution in [1.82, 2.24) is 9.88 Å². The number of Topliss-reactive ketones (excluding diaryl/α,β-unsaturated/α-hetero) is 1. The number of aromatic amines is 1. The maximum absolute atomic E-state index is 14.2. The summed E-state index contributed by atoms with van der Waals surface area (Å²) in [5.41, 5.74) is 9.51. The molecule has 2 saturated heterocycles. The Balaban J connectivity index is 1.23. The normalized spacial score (nSPS) is 16.4. The SMILES string of the molecule is C=NN(/C(N)=C(\C)C(=O)c1cc2cc(OCC(F)F)c(N3CCC(N4CCOCC4)CC3)cc2[nH]1)c1ccc(Oc2ccccc2F)c(C)c1. The lowest BCUT2D eigenvalue weighted by atomic mass is 10.0. The number of anilines is 2. The third-order valence-corrected chi connectivity index (χ3v) is 9.23. The summed E-state index contributed by atoms with van der Waals surface area (Å²) in [7, 11) is 0. The highest BCUT2D eigenvalue weighted by atomic mass is 19.3. The smallest absolute Gasteiger partial charge is 0.272 e. The molecule has 0 amide bonds. The van der Waals surface area contributed by atoms with Crippen molar-refractivity contribution in [2.75, 3.05) is 55.9 Å². The molecule has 10 nitrogen and oxygen atoms in total. The number of H-pyrrole nitrogens is 1. The van der Waals surface area contributed by atoms with Crippen molar-refractivity contribution in [2.45, 2.75) is 39.2 Å². The number of hydrazone groups is 1. The number of allylic oxidation sites excluding steroid dienone is 1. The number of aromatic nitrogens is 1. The average molecular weight is 691 g/mol. The van der Waals surface area contributed by atoms with Crippen LogP contribution in [-0.2, 0) is 4.74 Å². The summed E-state index contributed by atoms with van der Waals surface area (Å²) in [6, 6.07) is 16.8. The van der Waals surface area contributed by atoms with E-state index < -0.39 is 18.8 Å². The molecular weight excluding hydrogens is 649 g/mol. The third-order valence-electron chi connectivity index (χ3n) is 9.23. The minimum atomic E-state index is -2.63. The van der Waals surface area contributed by atoms with Gasteiger partial charge in [0.05, 0.1) is 30.3 Å². The molecule has 3 N–H and O–H groups in total. The van der Waals surface area contributed by atoms with E-state index >= 15 is 0 Å². The van der Waals surface area contributed by atoms with Gasteiger partial charge in [-0.1, -0.05) is 12.1 Å². The molecule has 2 aliphatic rings. The van der Waals surface area contributed by atoms with Crippen LogP contribution in [-0.4, -0.2) is 80.9 Å². The van der Waals surface area contributed by atoms with Gasteiger partial charge in [-0.3, -0.25) is 9.69 Å². The largest absolute Gasteiger partial charge is 0.485 e. The zero-order chi connectivity index (χ0) is 35.4. The van der Waals surface area contributed by atoms with E-state index in [0.717, 1.165) is 52.2 Å². The number of para-hydroxylation sites is 1. The van der Waals surface area contributed by atoms with Crippen LogP contribution in [0.15, 0.2) is 77.2 Å². The van der Waals surface area contributed by atoms with Crippen LogP contribution in [0.3, 0.4) is 0 Å². The lowest BCUT2D eigenvalue weighted by Crippen LogP contribution is -2.49. The second-order valence-electron chi connectivity index (χ2n) is 12.4. The van der Waals surface area contributed by atoms with Gasteiger partial charge in [-0.15, -0.1) is 0 Å². The van der Waals surface area contributed by atoms with Gasteiger partial charge in [-0.25, -0.2) is 18.2 Å². The number of ether oxygens (including phenoxy) is 3. The first-order valence-electron chi connectivity index (χ1n) is 16.6. The Hall–Kier alpha value is -5.01. The number of piperidine rings is 1. The van der Waals surface area contributed by atoms with Gasteiger partial charge in [-0.05, 0) is 80.8 Å². The van der Waals surface area contributed by atoms with Gasteiger partial charge in [0.1, 0.15) is 23.9 Å². The first-order valence-corrected chi connectivity index (χ1v) is 16.6. The van der Waals surface area contributed by atoms with Crippen LogP contribution < -0.4 is 25.1 Å². The summed E-state index contributed by atoms with van der Waals surface area (Å²) >= 11 is 0. The Morgan fingerprint density at radius 1 is 1.06 bits per heavy atom. The Morgan fingerprint density at radius 2 is 1.80 bits per heavy atom. The number of carbonyl (C=O) groups is 1. The number of ketones is 1. The van der Waals surface area contributed by atoms with E-state index in [2.05, 4.69) is 26.6 Å². The molecule has 6 rings (SSSR count). The quantitative estimate of drug-likeness (QED) is 0.0720. The zero-order valence-corrected chi connectivity index (χ0v) is 28.1. The Morgan fingerprint density at radius 3 is 2.48 bits per heavy atom. The number of aryl methyl sites for hydroxylation is 1. The summed E-state index contributed by atoms with van der Waals surface area (Å²) in [5, 5.41) is 6.03. The Bertz CT molecular complexity index is 1880. The molecule has 0 aliphatic carbocycles. The monoisotopic (exact) mass is 690 g/mol. The first-order chi connectivity index (χ1) is 24.1. The second-order valence-corrected chi connectivity index (χ2v) is 12.4. The third kappa shape index (κ3) is 7.58. The first kappa shape index (κ1) is 34.8. The van der Waals surface area contributed by atoms with Crippen molar-refractivity contribution in [1.29, 1.82) is 0 Å². The number of carbonyl (C=O) groups excluding carboxylic acids is 1. The van der Waals surface area contributed by atoms with E-state index in [-0.39, 0.29) is 28.6 Å². The van der Waals surface area contributed by atoms with Crippen molar-refractivity contribution in [3.8, 4) is 17.2 Å². The lowest BCUT2D eigenvalue weighted by molar-refractivity contribution is 0.0114. The standard InChI is InChI=1S/C37H41F3N6O4/c1-23-18-27(8-9-32(23)50-33-7-5-4-6-28(33)38)46(42-3)37(41)24(2)36(47)30-19-25-20-34(49-22-35(39)40)31(21-29(25)43-30)45-12-10-26(11-13-45)44-14-16-48-17-15-44/h4-9,18-21,26,35,43H,3,10-17,22,41H2,1-2H3/b37-24+. The molecule has 0 unspecified atom stereocenters. The molecule has 3 heterocycles. The predicted molar refractivity (Wildman–Crippen MR) is 188 cm³/mol. The van der Waals surface area contributed by atoms with Gasteiger partial charge in [-0.2, -0.15) is 5.10 Å². The van der Waals surface area contributed by atoms with E-state index in [4.69, 9.17) is 19.9 Å². The van der Waals surface area contributed by atoms with Crippen LogP contribution >= 0.6 is 0 Å². The molecule has 0 saturated carbocycles. The maximum atomic E-state index is 14.2. The van der Waals surface area contributed by atoms with Gasteiger partial charge in [0.15, 0.2) is 11.6 Å². The second kappa shape index (κ2) is 15.3. The van der Waals surface area contributed by atoms with Crippen LogP contribution in [0.4, 0.5) is 24.5 Å². The lowest BCUT2D eigenvalue weighted by Gasteiger charge is -2.41. The molecule has 4 aromatic rings. The fourth-order valence-electron chi connectivity index (χ4n) is 6.50. The average Bonchev–Trinajstić information content (AvgIpc) is 3.55. The summed E-state index contributed by atoms with van der Waals surface area (Å²) in [5.74, 6) is 0.0543. The van der Waals surface area contributed by atoms with Gasteiger partial charge >= 0.3 is 0 Å². The Labute approximate surface area is 288 Å². The number of fused-ring (bicyclic) bond motifs is 1. The summed E-state index contributed by atoms with van der Waals surface area (Å²) in [4.78, 5) is 21.6. The topological polar surface area (TPSA) is 109 Å². The zero-order valence-electron chi connectivity index (χ0n) is 28.1. The molecule has 3 aromatic carbocycles. The van der Waals surface area contributed by atoms with E-state index in [0.29, 0.717) is 45.4 Å². The summed E-state index contributed by atoms with van der Waals surface area (Å²) in [6.45, 7) is 11.1. The number of nitrogens with two attached hydrogens (primary N) is 1. The van der Waals surface area contributed by atoms with Crippen LogP contribution in [0.1, 0.15) is 35.8 Å². The Kier molecular flexibility index (Phi) is 10.6. The van der Waals surface area contributed by atoms with E-state index in [1.54, 1.807) is 56.3 Å². The highest BCUT2D eigenvalue weighted by Gasteiger charge is 2.28. The highest BCUT2D eigenvalue weighted by molar-refractivity contribution is 6.10. The van der Waals surface area contributed by atoms with E-state index in [1.165, 1.54) is 17.1 Å². The molecule has 2 aliphatic heterocycles. The minimum Gasteiger partial charge on any atom is -0.485 e.